The average molecular weight is 302 g/mol. The highest BCUT2D eigenvalue weighted by Crippen LogP contribution is 2.48. The van der Waals surface area contributed by atoms with Gasteiger partial charge in [0.05, 0.1) is 16.1 Å². The van der Waals surface area contributed by atoms with E-state index in [0.717, 1.165) is 6.07 Å². The molecule has 2 saturated heterocycles. The molecule has 0 aromatic heterocycles. The molecule has 3 nitrogen and oxygen atoms in total. The molecule has 0 amide bonds. The maximum absolute atomic E-state index is 13.7. The van der Waals surface area contributed by atoms with E-state index < -0.39 is 37.6 Å². The Morgan fingerprint density at radius 2 is 1.75 bits per heavy atom. The molecule has 1 aromatic rings. The van der Waals surface area contributed by atoms with Crippen molar-refractivity contribution in [2.75, 3.05) is 0 Å². The number of hydrogen-bond donors (Lipinski definition) is 1. The van der Waals surface area contributed by atoms with Crippen molar-refractivity contribution in [3.05, 3.63) is 34.9 Å². The summed E-state index contributed by atoms with van der Waals surface area (Å²) in [5.41, 5.74) is -1.01. The zero-order valence-corrected chi connectivity index (χ0v) is 11.9. The van der Waals surface area contributed by atoms with Gasteiger partial charge in [-0.1, -0.05) is 6.07 Å². The molecule has 20 heavy (non-hydrogen) atoms. The highest BCUT2D eigenvalue weighted by Gasteiger charge is 2.53. The first-order valence-electron chi connectivity index (χ1n) is 6.66. The molecule has 1 N–H and O–H groups in total. The third kappa shape index (κ3) is 1.81. The minimum Gasteiger partial charge on any atom is -0.385 e. The number of fused-ring (bicyclic) bond motifs is 2. The number of aliphatic hydroxyl groups is 1. The third-order valence-electron chi connectivity index (χ3n) is 4.71. The van der Waals surface area contributed by atoms with Crippen LogP contribution in [0, 0.1) is 18.6 Å². The topological polar surface area (TPSA) is 54.4 Å². The van der Waals surface area contributed by atoms with Gasteiger partial charge in [0.15, 0.2) is 21.5 Å². The van der Waals surface area contributed by atoms with Gasteiger partial charge in [0, 0.05) is 0 Å². The van der Waals surface area contributed by atoms with Crippen molar-refractivity contribution in [2.45, 2.75) is 48.7 Å². The second-order valence-electron chi connectivity index (χ2n) is 5.88. The highest BCUT2D eigenvalue weighted by molar-refractivity contribution is 7.93. The Balaban J connectivity index is 2.06. The van der Waals surface area contributed by atoms with Crippen molar-refractivity contribution < 1.29 is 22.3 Å². The van der Waals surface area contributed by atoms with Crippen LogP contribution < -0.4 is 0 Å². The summed E-state index contributed by atoms with van der Waals surface area (Å²) in [7, 11) is -3.17. The molecule has 2 bridgehead atoms. The SMILES string of the molecule is Cc1c(C2(O)CC3CCC(C2)S3(=O)=O)ccc(F)c1F. The maximum atomic E-state index is 13.7. The monoisotopic (exact) mass is 302 g/mol. The highest BCUT2D eigenvalue weighted by atomic mass is 32.2. The second-order valence-corrected chi connectivity index (χ2v) is 8.40. The lowest BCUT2D eigenvalue weighted by Gasteiger charge is -2.37. The predicted molar refractivity (Wildman–Crippen MR) is 70.0 cm³/mol. The van der Waals surface area contributed by atoms with Gasteiger partial charge in [0.1, 0.15) is 0 Å². The standard InChI is InChI=1S/C14H16F2O3S/c1-8-11(4-5-12(15)13(8)16)14(17)6-9-2-3-10(7-14)20(9,18)19/h4-5,9-10,17H,2-3,6-7H2,1H3. The number of benzene rings is 1. The molecule has 2 aliphatic heterocycles. The van der Waals surface area contributed by atoms with Gasteiger partial charge in [-0.15, -0.1) is 0 Å². The van der Waals surface area contributed by atoms with Crippen molar-refractivity contribution in [3.8, 4) is 0 Å². The van der Waals surface area contributed by atoms with Gasteiger partial charge in [-0.05, 0) is 49.8 Å². The molecule has 0 radical (unpaired) electrons. The minimum atomic E-state index is -3.17. The predicted octanol–water partition coefficient (Wildman–Crippen LogP) is 2.20. The number of rotatable bonds is 1. The summed E-state index contributed by atoms with van der Waals surface area (Å²) in [6.45, 7) is 1.41. The lowest BCUT2D eigenvalue weighted by molar-refractivity contribution is 0.0163. The van der Waals surface area contributed by atoms with Crippen LogP contribution in [-0.4, -0.2) is 24.0 Å². The first-order chi connectivity index (χ1) is 9.25. The van der Waals surface area contributed by atoms with E-state index in [1.54, 1.807) is 0 Å². The van der Waals surface area contributed by atoms with Gasteiger partial charge in [-0.25, -0.2) is 17.2 Å². The van der Waals surface area contributed by atoms with E-state index in [-0.39, 0.29) is 18.4 Å². The van der Waals surface area contributed by atoms with Gasteiger partial charge in [-0.3, -0.25) is 0 Å². The normalized spacial score (nSPS) is 35.2. The van der Waals surface area contributed by atoms with Crippen molar-refractivity contribution in [1.82, 2.24) is 0 Å². The van der Waals surface area contributed by atoms with Crippen LogP contribution in [0.25, 0.3) is 0 Å². The Hall–Kier alpha value is -1.01. The molecule has 2 aliphatic rings. The number of halogens is 2. The molecule has 2 heterocycles. The lowest BCUT2D eigenvalue weighted by atomic mass is 9.83. The Labute approximate surface area is 116 Å². The Morgan fingerprint density at radius 3 is 2.30 bits per heavy atom. The van der Waals surface area contributed by atoms with E-state index >= 15 is 0 Å². The molecule has 0 aliphatic carbocycles. The fourth-order valence-corrected chi connectivity index (χ4v) is 6.11. The summed E-state index contributed by atoms with van der Waals surface area (Å²) >= 11 is 0. The summed E-state index contributed by atoms with van der Waals surface area (Å²) in [6.07, 6.45) is 1.21. The molecule has 2 fully saturated rings. The van der Waals surface area contributed by atoms with Crippen LogP contribution in [0.5, 0.6) is 0 Å². The van der Waals surface area contributed by atoms with Crippen LogP contribution in [0.1, 0.15) is 36.8 Å². The first kappa shape index (κ1) is 13.9. The summed E-state index contributed by atoms with van der Waals surface area (Å²) in [6, 6.07) is 2.35. The van der Waals surface area contributed by atoms with Gasteiger partial charge in [0.25, 0.3) is 0 Å². The fraction of sp³-hybridized carbons (Fsp3) is 0.571. The average Bonchev–Trinajstić information content (AvgIpc) is 2.55. The van der Waals surface area contributed by atoms with E-state index in [0.29, 0.717) is 18.4 Å². The van der Waals surface area contributed by atoms with Crippen molar-refractivity contribution >= 4 is 9.84 Å². The molecule has 0 saturated carbocycles. The van der Waals surface area contributed by atoms with E-state index in [1.165, 1.54) is 13.0 Å². The molecule has 1 aromatic carbocycles. The summed E-state index contributed by atoms with van der Waals surface area (Å²) in [5.74, 6) is -1.93. The fourth-order valence-electron chi connectivity index (χ4n) is 3.62. The van der Waals surface area contributed by atoms with Crippen LogP contribution in [0.2, 0.25) is 0 Å². The summed E-state index contributed by atoms with van der Waals surface area (Å²) in [5, 5.41) is 9.66. The summed E-state index contributed by atoms with van der Waals surface area (Å²) < 4.78 is 51.0. The minimum absolute atomic E-state index is 0.0613. The maximum Gasteiger partial charge on any atom is 0.162 e. The third-order valence-corrected chi connectivity index (χ3v) is 7.37. The zero-order chi connectivity index (χ0) is 14.7. The van der Waals surface area contributed by atoms with E-state index in [9.17, 15) is 22.3 Å². The van der Waals surface area contributed by atoms with E-state index in [1.807, 2.05) is 0 Å². The van der Waals surface area contributed by atoms with Crippen molar-refractivity contribution in [1.29, 1.82) is 0 Å². The van der Waals surface area contributed by atoms with E-state index in [2.05, 4.69) is 0 Å². The largest absolute Gasteiger partial charge is 0.385 e. The van der Waals surface area contributed by atoms with Crippen molar-refractivity contribution in [2.24, 2.45) is 0 Å². The lowest BCUT2D eigenvalue weighted by Crippen LogP contribution is -2.43. The summed E-state index contributed by atoms with van der Waals surface area (Å²) in [4.78, 5) is 0. The van der Waals surface area contributed by atoms with Crippen LogP contribution in [0.3, 0.4) is 0 Å². The van der Waals surface area contributed by atoms with Crippen LogP contribution in [-0.2, 0) is 15.4 Å². The molecule has 2 atom stereocenters. The van der Waals surface area contributed by atoms with Crippen molar-refractivity contribution in [3.63, 3.8) is 0 Å². The van der Waals surface area contributed by atoms with Crippen LogP contribution >= 0.6 is 0 Å². The van der Waals surface area contributed by atoms with Gasteiger partial charge >= 0.3 is 0 Å². The molecular weight excluding hydrogens is 286 g/mol. The van der Waals surface area contributed by atoms with E-state index in [4.69, 9.17) is 0 Å². The quantitative estimate of drug-likeness (QED) is 0.865. The Bertz CT molecular complexity index is 649. The van der Waals surface area contributed by atoms with Crippen LogP contribution in [0.15, 0.2) is 12.1 Å². The molecule has 110 valence electrons. The second kappa shape index (κ2) is 4.24. The van der Waals surface area contributed by atoms with Crippen LogP contribution in [0.4, 0.5) is 8.78 Å². The van der Waals surface area contributed by atoms with Gasteiger partial charge < -0.3 is 5.11 Å². The number of hydrogen-bond acceptors (Lipinski definition) is 3. The molecular formula is C14H16F2O3S. The molecule has 2 unspecified atom stereocenters. The Kier molecular flexibility index (Phi) is 2.96. The number of sulfone groups is 1. The zero-order valence-electron chi connectivity index (χ0n) is 11.1. The molecule has 0 spiro atoms. The first-order valence-corrected chi connectivity index (χ1v) is 8.27. The molecule has 6 heteroatoms. The van der Waals surface area contributed by atoms with Gasteiger partial charge in [0.2, 0.25) is 0 Å². The smallest absolute Gasteiger partial charge is 0.162 e. The Morgan fingerprint density at radius 1 is 1.20 bits per heavy atom. The van der Waals surface area contributed by atoms with Gasteiger partial charge in [-0.2, -0.15) is 0 Å². The molecule has 3 rings (SSSR count).